The lowest BCUT2D eigenvalue weighted by Gasteiger charge is -2.11. The van der Waals surface area contributed by atoms with Crippen molar-refractivity contribution in [1.82, 2.24) is 20.3 Å². The van der Waals surface area contributed by atoms with Gasteiger partial charge in [0.1, 0.15) is 11.2 Å². The number of hydrogen-bond donors (Lipinski definition) is 4. The molecule has 3 aromatic rings. The van der Waals surface area contributed by atoms with Crippen molar-refractivity contribution >= 4 is 40.1 Å². The van der Waals surface area contributed by atoms with Crippen molar-refractivity contribution in [2.24, 2.45) is 0 Å². The molecule has 2 heterocycles. The maximum absolute atomic E-state index is 12.5. The Morgan fingerprint density at radius 2 is 2.15 bits per heavy atom. The first-order valence-corrected chi connectivity index (χ1v) is 9.04. The summed E-state index contributed by atoms with van der Waals surface area (Å²) in [7, 11) is 1.76. The van der Waals surface area contributed by atoms with E-state index >= 15 is 0 Å². The number of H-pyrrole nitrogens is 1. The Bertz CT molecular complexity index is 1010. The SMILES string of the molecule is CC[C@H](C)NC(=O)c1c[nH]c2ncc(C(=N)c3ccc(Cl)cc3NC)nc12. The molecule has 8 heteroatoms. The number of nitrogens with one attached hydrogen (secondary N) is 4. The van der Waals surface area contributed by atoms with E-state index in [1.165, 1.54) is 6.20 Å². The van der Waals surface area contributed by atoms with Crippen LogP contribution in [0.3, 0.4) is 0 Å². The van der Waals surface area contributed by atoms with E-state index in [1.54, 1.807) is 31.4 Å². The molecule has 0 aliphatic heterocycles. The van der Waals surface area contributed by atoms with Crippen molar-refractivity contribution in [2.75, 3.05) is 12.4 Å². The van der Waals surface area contributed by atoms with E-state index < -0.39 is 0 Å². The third-order valence-electron chi connectivity index (χ3n) is 4.39. The minimum atomic E-state index is -0.212. The van der Waals surface area contributed by atoms with Gasteiger partial charge in [-0.15, -0.1) is 0 Å². The number of rotatable bonds is 6. The molecule has 1 aromatic carbocycles. The van der Waals surface area contributed by atoms with Gasteiger partial charge in [0.15, 0.2) is 5.65 Å². The lowest BCUT2D eigenvalue weighted by atomic mass is 10.1. The fourth-order valence-electron chi connectivity index (χ4n) is 2.67. The molecule has 1 amide bonds. The second-order valence-electron chi connectivity index (χ2n) is 6.25. The lowest BCUT2D eigenvalue weighted by Crippen LogP contribution is -2.31. The Labute approximate surface area is 162 Å². The molecule has 0 spiro atoms. The number of fused-ring (bicyclic) bond motifs is 1. The van der Waals surface area contributed by atoms with E-state index in [-0.39, 0.29) is 17.7 Å². The van der Waals surface area contributed by atoms with Gasteiger partial charge in [-0.05, 0) is 31.5 Å². The van der Waals surface area contributed by atoms with Gasteiger partial charge < -0.3 is 15.6 Å². The topological polar surface area (TPSA) is 107 Å². The van der Waals surface area contributed by atoms with Crippen LogP contribution < -0.4 is 10.6 Å². The highest BCUT2D eigenvalue weighted by Crippen LogP contribution is 2.23. The summed E-state index contributed by atoms with van der Waals surface area (Å²) in [5, 5.41) is 15.1. The number of hydrogen-bond acceptors (Lipinski definition) is 5. The Morgan fingerprint density at radius 1 is 1.37 bits per heavy atom. The van der Waals surface area contributed by atoms with E-state index in [0.717, 1.165) is 12.1 Å². The van der Waals surface area contributed by atoms with Crippen LogP contribution in [0.25, 0.3) is 11.2 Å². The molecule has 7 nitrogen and oxygen atoms in total. The van der Waals surface area contributed by atoms with Crippen LogP contribution in [-0.4, -0.2) is 39.7 Å². The highest BCUT2D eigenvalue weighted by molar-refractivity contribution is 6.31. The Morgan fingerprint density at radius 3 is 2.85 bits per heavy atom. The van der Waals surface area contributed by atoms with Gasteiger partial charge in [-0.25, -0.2) is 9.97 Å². The number of halogens is 1. The number of benzene rings is 1. The summed E-state index contributed by atoms with van der Waals surface area (Å²) < 4.78 is 0. The first-order valence-electron chi connectivity index (χ1n) is 8.66. The van der Waals surface area contributed by atoms with Gasteiger partial charge in [0.05, 0.1) is 17.5 Å². The summed E-state index contributed by atoms with van der Waals surface area (Å²) in [6.45, 7) is 3.95. The van der Waals surface area contributed by atoms with Gasteiger partial charge in [0.2, 0.25) is 0 Å². The van der Waals surface area contributed by atoms with E-state index in [9.17, 15) is 4.79 Å². The predicted octanol–water partition coefficient (Wildman–Crippen LogP) is 3.60. The van der Waals surface area contributed by atoms with Crippen molar-refractivity contribution in [3.05, 3.63) is 52.4 Å². The summed E-state index contributed by atoms with van der Waals surface area (Å²) >= 11 is 6.03. The molecule has 2 aromatic heterocycles. The lowest BCUT2D eigenvalue weighted by molar-refractivity contribution is 0.0941. The molecule has 3 rings (SSSR count). The predicted molar refractivity (Wildman–Crippen MR) is 108 cm³/mol. The van der Waals surface area contributed by atoms with Crippen molar-refractivity contribution in [1.29, 1.82) is 5.41 Å². The molecule has 140 valence electrons. The van der Waals surface area contributed by atoms with Gasteiger partial charge in [-0.1, -0.05) is 18.5 Å². The Balaban J connectivity index is 2.00. The summed E-state index contributed by atoms with van der Waals surface area (Å²) in [5.74, 6) is -0.212. The molecule has 27 heavy (non-hydrogen) atoms. The zero-order valence-electron chi connectivity index (χ0n) is 15.4. The number of nitrogens with zero attached hydrogens (tertiary/aromatic N) is 2. The minimum absolute atomic E-state index is 0.0594. The number of aromatic nitrogens is 3. The number of carbonyl (C=O) groups is 1. The summed E-state index contributed by atoms with van der Waals surface area (Å²) in [6, 6.07) is 5.29. The highest BCUT2D eigenvalue weighted by Gasteiger charge is 2.18. The molecule has 0 saturated carbocycles. The molecule has 0 aliphatic carbocycles. The van der Waals surface area contributed by atoms with Gasteiger partial charge in [0, 0.05) is 35.6 Å². The first-order chi connectivity index (χ1) is 12.9. The van der Waals surface area contributed by atoms with Gasteiger partial charge >= 0.3 is 0 Å². The molecule has 0 radical (unpaired) electrons. The van der Waals surface area contributed by atoms with Crippen LogP contribution in [0, 0.1) is 5.41 Å². The quantitative estimate of drug-likeness (QED) is 0.487. The number of amides is 1. The van der Waals surface area contributed by atoms with Crippen LogP contribution in [0.4, 0.5) is 5.69 Å². The van der Waals surface area contributed by atoms with Crippen LogP contribution >= 0.6 is 11.6 Å². The van der Waals surface area contributed by atoms with Crippen molar-refractivity contribution < 1.29 is 4.79 Å². The molecule has 0 saturated heterocycles. The fourth-order valence-corrected chi connectivity index (χ4v) is 2.84. The van der Waals surface area contributed by atoms with E-state index in [0.29, 0.717) is 33.0 Å². The average molecular weight is 385 g/mol. The van der Waals surface area contributed by atoms with Crippen molar-refractivity contribution in [3.8, 4) is 0 Å². The third-order valence-corrected chi connectivity index (χ3v) is 4.63. The second-order valence-corrected chi connectivity index (χ2v) is 6.69. The van der Waals surface area contributed by atoms with Crippen molar-refractivity contribution in [2.45, 2.75) is 26.3 Å². The largest absolute Gasteiger partial charge is 0.388 e. The number of aromatic amines is 1. The number of anilines is 1. The number of carbonyl (C=O) groups excluding carboxylic acids is 1. The van der Waals surface area contributed by atoms with Gasteiger partial charge in [-0.2, -0.15) is 0 Å². The van der Waals surface area contributed by atoms with E-state index in [1.807, 2.05) is 13.8 Å². The molecule has 4 N–H and O–H groups in total. The van der Waals surface area contributed by atoms with Crippen LogP contribution in [-0.2, 0) is 0 Å². The highest BCUT2D eigenvalue weighted by atomic mass is 35.5. The van der Waals surface area contributed by atoms with Crippen LogP contribution in [0.2, 0.25) is 5.02 Å². The van der Waals surface area contributed by atoms with Crippen LogP contribution in [0.1, 0.15) is 41.9 Å². The smallest absolute Gasteiger partial charge is 0.255 e. The zero-order valence-corrected chi connectivity index (χ0v) is 16.1. The maximum atomic E-state index is 12.5. The standard InChI is InChI=1S/C19H21ClN6O/c1-4-10(2)25-19(27)13-8-23-18-17(13)26-15(9-24-18)16(21)12-6-5-11(20)7-14(12)22-3/h5-10,21-22H,4H2,1-3H3,(H,23,24)(H,25,27)/t10-/m0/s1. The third kappa shape index (κ3) is 3.78. The summed E-state index contributed by atoms with van der Waals surface area (Å²) in [6.07, 6.45) is 3.95. The normalized spacial score (nSPS) is 12.0. The molecular formula is C19H21ClN6O. The summed E-state index contributed by atoms with van der Waals surface area (Å²) in [5.41, 5.74) is 3.30. The van der Waals surface area contributed by atoms with Gasteiger partial charge in [0.25, 0.3) is 5.91 Å². The molecular weight excluding hydrogens is 364 g/mol. The van der Waals surface area contributed by atoms with Crippen LogP contribution in [0.15, 0.2) is 30.6 Å². The summed E-state index contributed by atoms with van der Waals surface area (Å²) in [4.78, 5) is 24.3. The maximum Gasteiger partial charge on any atom is 0.255 e. The molecule has 0 aliphatic rings. The molecule has 1 atom stereocenters. The molecule has 0 fully saturated rings. The Hall–Kier alpha value is -2.93. The van der Waals surface area contributed by atoms with Crippen LogP contribution in [0.5, 0.6) is 0 Å². The molecule has 0 unspecified atom stereocenters. The average Bonchev–Trinajstić information content (AvgIpc) is 3.10. The first kappa shape index (κ1) is 18.8. The van der Waals surface area contributed by atoms with Crippen molar-refractivity contribution in [3.63, 3.8) is 0 Å². The molecule has 0 bridgehead atoms. The van der Waals surface area contributed by atoms with E-state index in [2.05, 4.69) is 25.6 Å². The fraction of sp³-hybridized carbons (Fsp3) is 0.263. The monoisotopic (exact) mass is 384 g/mol. The Kier molecular flexibility index (Phi) is 5.41. The zero-order chi connectivity index (χ0) is 19.6. The second kappa shape index (κ2) is 7.75. The van der Waals surface area contributed by atoms with Gasteiger partial charge in [-0.3, -0.25) is 10.2 Å². The van der Waals surface area contributed by atoms with E-state index in [4.69, 9.17) is 17.0 Å². The minimum Gasteiger partial charge on any atom is -0.388 e.